The molecule has 8 nitrogen and oxygen atoms in total. The fraction of sp³-hybridized carbons (Fsp3) is 0.304. The molecule has 1 N–H and O–H groups in total. The van der Waals surface area contributed by atoms with Crippen LogP contribution in [0.15, 0.2) is 41.5 Å². The zero-order chi connectivity index (χ0) is 22.4. The molecule has 0 fully saturated rings. The van der Waals surface area contributed by atoms with Crippen LogP contribution in [-0.2, 0) is 20.0 Å². The number of aryl methyl sites for hydroxylation is 3. The van der Waals surface area contributed by atoms with Gasteiger partial charge in [-0.3, -0.25) is 14.2 Å². The topological polar surface area (TPSA) is 91.0 Å². The van der Waals surface area contributed by atoms with Crippen molar-refractivity contribution in [1.82, 2.24) is 24.4 Å². The van der Waals surface area contributed by atoms with Crippen LogP contribution in [0, 0.1) is 6.92 Å². The van der Waals surface area contributed by atoms with Gasteiger partial charge in [0, 0.05) is 32.4 Å². The number of rotatable bonds is 5. The molecule has 0 bridgehead atoms. The number of carbonyl (C=O) groups excluding carboxylic acids is 1. The van der Waals surface area contributed by atoms with Gasteiger partial charge >= 0.3 is 0 Å². The van der Waals surface area contributed by atoms with E-state index in [1.807, 2.05) is 49.0 Å². The van der Waals surface area contributed by atoms with Crippen LogP contribution in [0.2, 0.25) is 0 Å². The third-order valence-corrected chi connectivity index (χ3v) is 7.14. The Hall–Kier alpha value is -3.46. The van der Waals surface area contributed by atoms with Crippen LogP contribution in [0.3, 0.4) is 0 Å². The molecule has 1 unspecified atom stereocenters. The molecule has 1 amide bonds. The molecular formula is C23H23N5O3S. The molecule has 4 aromatic rings. The van der Waals surface area contributed by atoms with Crippen molar-refractivity contribution in [1.29, 1.82) is 0 Å². The normalized spacial score (nSPS) is 13.8. The molecule has 3 aromatic heterocycles. The van der Waals surface area contributed by atoms with Crippen molar-refractivity contribution in [3.8, 4) is 5.75 Å². The third kappa shape index (κ3) is 3.29. The summed E-state index contributed by atoms with van der Waals surface area (Å²) in [5.41, 5.74) is 1.51. The number of aromatic nitrogens is 4. The number of thiophene rings is 1. The van der Waals surface area contributed by atoms with Crippen molar-refractivity contribution in [2.45, 2.75) is 32.4 Å². The number of nitrogens with zero attached hydrogens (tertiary/aromatic N) is 4. The highest BCUT2D eigenvalue weighted by atomic mass is 32.1. The number of fused-ring (bicyclic) bond motifs is 2. The Morgan fingerprint density at radius 1 is 1.28 bits per heavy atom. The lowest BCUT2D eigenvalue weighted by molar-refractivity contribution is 0.0945. The number of imidazole rings is 1. The Balaban J connectivity index is 1.54. The number of methoxy groups -OCH3 is 1. The van der Waals surface area contributed by atoms with Crippen molar-refractivity contribution in [3.05, 3.63) is 74.7 Å². The summed E-state index contributed by atoms with van der Waals surface area (Å²) in [5, 5.41) is 3.66. The Morgan fingerprint density at radius 2 is 2.06 bits per heavy atom. The number of ether oxygens (including phenoxy) is 1. The Labute approximate surface area is 188 Å². The van der Waals surface area contributed by atoms with Crippen molar-refractivity contribution >= 4 is 27.5 Å². The minimum Gasteiger partial charge on any atom is -0.497 e. The summed E-state index contributed by atoms with van der Waals surface area (Å²) in [5.74, 6) is 2.00. The van der Waals surface area contributed by atoms with Crippen molar-refractivity contribution in [3.63, 3.8) is 0 Å². The van der Waals surface area contributed by atoms with E-state index in [1.54, 1.807) is 17.9 Å². The summed E-state index contributed by atoms with van der Waals surface area (Å²) in [6.45, 7) is 2.51. The van der Waals surface area contributed by atoms with Gasteiger partial charge in [0.1, 0.15) is 28.3 Å². The monoisotopic (exact) mass is 449 g/mol. The minimum absolute atomic E-state index is 0.0499. The third-order valence-electron chi connectivity index (χ3n) is 5.96. The maximum Gasteiger partial charge on any atom is 0.262 e. The molecule has 5 rings (SSSR count). The van der Waals surface area contributed by atoms with Gasteiger partial charge in [-0.15, -0.1) is 11.3 Å². The summed E-state index contributed by atoms with van der Waals surface area (Å²) in [6.07, 6.45) is 5.27. The first-order valence-corrected chi connectivity index (χ1v) is 11.2. The van der Waals surface area contributed by atoms with Gasteiger partial charge < -0.3 is 14.6 Å². The van der Waals surface area contributed by atoms with Gasteiger partial charge in [0.2, 0.25) is 0 Å². The largest absolute Gasteiger partial charge is 0.497 e. The molecule has 0 radical (unpaired) electrons. The second-order valence-electron chi connectivity index (χ2n) is 7.90. The van der Waals surface area contributed by atoms with E-state index in [4.69, 9.17) is 4.74 Å². The zero-order valence-corrected chi connectivity index (χ0v) is 18.9. The lowest BCUT2D eigenvalue weighted by Crippen LogP contribution is -2.31. The predicted octanol–water partition coefficient (Wildman–Crippen LogP) is 2.97. The van der Waals surface area contributed by atoms with Crippen LogP contribution in [0.5, 0.6) is 5.75 Å². The van der Waals surface area contributed by atoms with E-state index >= 15 is 0 Å². The fourth-order valence-electron chi connectivity index (χ4n) is 4.24. The van der Waals surface area contributed by atoms with E-state index in [1.165, 1.54) is 11.3 Å². The van der Waals surface area contributed by atoms with Crippen molar-refractivity contribution in [2.24, 2.45) is 7.05 Å². The number of nitrogens with one attached hydrogen (secondary N) is 1. The number of amides is 1. The average Bonchev–Trinajstić information content (AvgIpc) is 3.51. The summed E-state index contributed by atoms with van der Waals surface area (Å²) >= 11 is 1.27. The Kier molecular flexibility index (Phi) is 5.05. The Morgan fingerprint density at radius 3 is 2.75 bits per heavy atom. The van der Waals surface area contributed by atoms with E-state index in [0.29, 0.717) is 33.0 Å². The first-order valence-electron chi connectivity index (χ1n) is 10.4. The summed E-state index contributed by atoms with van der Waals surface area (Å²) in [6, 6.07) is 7.07. The van der Waals surface area contributed by atoms with Crippen LogP contribution in [0.1, 0.15) is 44.9 Å². The average molecular weight is 450 g/mol. The van der Waals surface area contributed by atoms with Gasteiger partial charge in [-0.2, -0.15) is 0 Å². The first kappa shape index (κ1) is 20.4. The number of hydrogen-bond donors (Lipinski definition) is 1. The van der Waals surface area contributed by atoms with Gasteiger partial charge in [-0.1, -0.05) is 12.1 Å². The first-order chi connectivity index (χ1) is 15.5. The molecule has 9 heteroatoms. The molecule has 164 valence electrons. The molecule has 0 saturated heterocycles. The molecule has 1 atom stereocenters. The van der Waals surface area contributed by atoms with Crippen LogP contribution in [-0.4, -0.2) is 32.1 Å². The molecule has 32 heavy (non-hydrogen) atoms. The molecule has 0 saturated carbocycles. The maximum absolute atomic E-state index is 13.4. The van der Waals surface area contributed by atoms with E-state index in [2.05, 4.69) is 15.3 Å². The predicted molar refractivity (Wildman–Crippen MR) is 122 cm³/mol. The van der Waals surface area contributed by atoms with E-state index in [9.17, 15) is 9.59 Å². The van der Waals surface area contributed by atoms with Crippen molar-refractivity contribution in [2.75, 3.05) is 7.11 Å². The lowest BCUT2D eigenvalue weighted by Gasteiger charge is -2.19. The zero-order valence-electron chi connectivity index (χ0n) is 18.1. The summed E-state index contributed by atoms with van der Waals surface area (Å²) < 4.78 is 8.88. The minimum atomic E-state index is -0.461. The molecule has 0 spiro atoms. The number of carbonyl (C=O) groups is 1. The molecule has 1 aliphatic heterocycles. The van der Waals surface area contributed by atoms with Crippen LogP contribution >= 0.6 is 11.3 Å². The highest BCUT2D eigenvalue weighted by Gasteiger charge is 2.26. The van der Waals surface area contributed by atoms with E-state index in [-0.39, 0.29) is 11.5 Å². The molecule has 1 aliphatic rings. The van der Waals surface area contributed by atoms with E-state index in [0.717, 1.165) is 30.0 Å². The number of benzene rings is 1. The van der Waals surface area contributed by atoms with Crippen molar-refractivity contribution < 1.29 is 9.53 Å². The Bertz CT molecular complexity index is 1380. The van der Waals surface area contributed by atoms with Gasteiger partial charge in [0.05, 0.1) is 17.4 Å². The van der Waals surface area contributed by atoms with Gasteiger partial charge in [0.15, 0.2) is 0 Å². The van der Waals surface area contributed by atoms with Crippen LogP contribution < -0.4 is 15.6 Å². The second kappa shape index (κ2) is 7.90. The smallest absolute Gasteiger partial charge is 0.262 e. The summed E-state index contributed by atoms with van der Waals surface area (Å²) in [4.78, 5) is 36.7. The quantitative estimate of drug-likeness (QED) is 0.506. The maximum atomic E-state index is 13.4. The fourth-order valence-corrected chi connectivity index (χ4v) is 5.33. The van der Waals surface area contributed by atoms with Gasteiger partial charge in [0.25, 0.3) is 11.5 Å². The van der Waals surface area contributed by atoms with Gasteiger partial charge in [-0.25, -0.2) is 9.97 Å². The summed E-state index contributed by atoms with van der Waals surface area (Å²) in [7, 11) is 3.51. The molecule has 4 heterocycles. The van der Waals surface area contributed by atoms with Crippen LogP contribution in [0.25, 0.3) is 10.2 Å². The molecule has 0 aliphatic carbocycles. The lowest BCUT2D eigenvalue weighted by atomic mass is 10.1. The highest BCUT2D eigenvalue weighted by molar-refractivity contribution is 7.20. The van der Waals surface area contributed by atoms with E-state index < -0.39 is 6.04 Å². The van der Waals surface area contributed by atoms with Crippen LogP contribution in [0.4, 0.5) is 0 Å². The highest BCUT2D eigenvalue weighted by Crippen LogP contribution is 2.30. The SMILES string of the molecule is COc1ccc(C(NC(=O)c2sc3nc4n(c(=O)c3c2C)CCC4)c2nccn2C)cc1. The standard InChI is InChI=1S/C23H23N5O3S/c1-13-17-22(25-16-5-4-11-28(16)23(17)30)32-19(13)21(29)26-18(20-24-10-12-27(20)2)14-6-8-15(31-3)9-7-14/h6-10,12,18H,4-5,11H2,1-3H3,(H,26,29). The molecular weight excluding hydrogens is 426 g/mol. The second-order valence-corrected chi connectivity index (χ2v) is 8.90. The van der Waals surface area contributed by atoms with Gasteiger partial charge in [-0.05, 0) is 36.6 Å². The number of hydrogen-bond acceptors (Lipinski definition) is 6. The molecule has 1 aromatic carbocycles.